The number of nitrogens with one attached hydrogen (secondary N) is 1. The van der Waals surface area contributed by atoms with Gasteiger partial charge in [-0.1, -0.05) is 0 Å². The van der Waals surface area contributed by atoms with Crippen LogP contribution >= 0.6 is 0 Å². The second-order valence-electron chi connectivity index (χ2n) is 4.22. The fraction of sp³-hybridized carbons (Fsp3) is 0. The molecule has 0 fully saturated rings. The Morgan fingerprint density at radius 1 is 1.14 bits per heavy atom. The second-order valence-corrected chi connectivity index (χ2v) is 4.22. The lowest BCUT2D eigenvalue weighted by Crippen LogP contribution is -2.02. The van der Waals surface area contributed by atoms with E-state index in [0.29, 0.717) is 22.7 Å². The SMILES string of the molecule is O=C(O)c1ccc(Nc2ccc3nccnc3n2)cc1F. The summed E-state index contributed by atoms with van der Waals surface area (Å²) in [5, 5.41) is 11.7. The first-order chi connectivity index (χ1) is 10.1. The maximum atomic E-state index is 13.6. The standard InChI is InChI=1S/C14H9FN4O2/c15-10-7-8(1-2-9(10)14(20)21)18-12-4-3-11-13(19-12)17-6-5-16-11/h1-7H,(H,20,21)(H,17,18,19). The number of carbonyl (C=O) groups is 1. The third kappa shape index (κ3) is 2.62. The highest BCUT2D eigenvalue weighted by Crippen LogP contribution is 2.19. The highest BCUT2D eigenvalue weighted by molar-refractivity contribution is 5.88. The molecule has 6 nitrogen and oxygen atoms in total. The van der Waals surface area contributed by atoms with Crippen molar-refractivity contribution in [3.05, 3.63) is 54.1 Å². The van der Waals surface area contributed by atoms with Crippen LogP contribution in [0.5, 0.6) is 0 Å². The largest absolute Gasteiger partial charge is 0.478 e. The first-order valence-corrected chi connectivity index (χ1v) is 6.01. The molecule has 0 saturated heterocycles. The average molecular weight is 284 g/mol. The van der Waals surface area contributed by atoms with Crippen molar-refractivity contribution in [3.8, 4) is 0 Å². The fourth-order valence-electron chi connectivity index (χ4n) is 1.84. The van der Waals surface area contributed by atoms with Crippen LogP contribution in [0.25, 0.3) is 11.2 Å². The van der Waals surface area contributed by atoms with Gasteiger partial charge in [0.2, 0.25) is 0 Å². The number of pyridine rings is 1. The van der Waals surface area contributed by atoms with Crippen molar-refractivity contribution in [2.24, 2.45) is 0 Å². The molecule has 21 heavy (non-hydrogen) atoms. The Morgan fingerprint density at radius 2 is 1.95 bits per heavy atom. The maximum Gasteiger partial charge on any atom is 0.338 e. The van der Waals surface area contributed by atoms with E-state index in [1.807, 2.05) is 0 Å². The van der Waals surface area contributed by atoms with Gasteiger partial charge in [0.15, 0.2) is 5.65 Å². The third-order valence-corrected chi connectivity index (χ3v) is 2.80. The van der Waals surface area contributed by atoms with Crippen LogP contribution in [0.3, 0.4) is 0 Å². The van der Waals surface area contributed by atoms with Crippen LogP contribution in [0.15, 0.2) is 42.7 Å². The van der Waals surface area contributed by atoms with Gasteiger partial charge in [-0.3, -0.25) is 4.98 Å². The molecule has 0 atom stereocenters. The number of carboxylic acids is 1. The topological polar surface area (TPSA) is 88.0 Å². The molecule has 0 aliphatic heterocycles. The van der Waals surface area contributed by atoms with Crippen LogP contribution in [0.1, 0.15) is 10.4 Å². The number of hydrogen-bond donors (Lipinski definition) is 2. The van der Waals surface area contributed by atoms with E-state index in [9.17, 15) is 9.18 Å². The van der Waals surface area contributed by atoms with Crippen LogP contribution in [0.2, 0.25) is 0 Å². The third-order valence-electron chi connectivity index (χ3n) is 2.80. The summed E-state index contributed by atoms with van der Waals surface area (Å²) < 4.78 is 13.6. The van der Waals surface area contributed by atoms with E-state index < -0.39 is 11.8 Å². The Hall–Kier alpha value is -3.09. The predicted octanol–water partition coefficient (Wildman–Crippen LogP) is 2.61. The van der Waals surface area contributed by atoms with E-state index >= 15 is 0 Å². The lowest BCUT2D eigenvalue weighted by atomic mass is 10.2. The van der Waals surface area contributed by atoms with Crippen molar-refractivity contribution in [2.45, 2.75) is 0 Å². The maximum absolute atomic E-state index is 13.6. The summed E-state index contributed by atoms with van der Waals surface area (Å²) in [6, 6.07) is 7.18. The molecule has 0 aliphatic rings. The van der Waals surface area contributed by atoms with E-state index in [4.69, 9.17) is 5.11 Å². The van der Waals surface area contributed by atoms with Crippen LogP contribution in [-0.4, -0.2) is 26.0 Å². The smallest absolute Gasteiger partial charge is 0.338 e. The molecule has 7 heteroatoms. The Labute approximate surface area is 118 Å². The van der Waals surface area contributed by atoms with Crippen molar-refractivity contribution < 1.29 is 14.3 Å². The average Bonchev–Trinajstić information content (AvgIpc) is 2.47. The summed E-state index contributed by atoms with van der Waals surface area (Å²) in [6.07, 6.45) is 3.09. The molecule has 0 amide bonds. The number of aromatic nitrogens is 3. The Bertz CT molecular complexity index is 838. The van der Waals surface area contributed by atoms with E-state index in [-0.39, 0.29) is 5.56 Å². The number of nitrogens with zero attached hydrogens (tertiary/aromatic N) is 3. The monoisotopic (exact) mass is 284 g/mol. The minimum Gasteiger partial charge on any atom is -0.478 e. The number of carboxylic acid groups (broad SMARTS) is 1. The summed E-state index contributed by atoms with van der Waals surface area (Å²) in [4.78, 5) is 23.2. The van der Waals surface area contributed by atoms with Gasteiger partial charge in [0.05, 0.1) is 5.56 Å². The molecule has 0 saturated carbocycles. The lowest BCUT2D eigenvalue weighted by molar-refractivity contribution is 0.0692. The zero-order valence-electron chi connectivity index (χ0n) is 10.6. The number of fused-ring (bicyclic) bond motifs is 1. The fourth-order valence-corrected chi connectivity index (χ4v) is 1.84. The Kier molecular flexibility index (Phi) is 3.15. The van der Waals surface area contributed by atoms with Crippen molar-refractivity contribution in [3.63, 3.8) is 0 Å². The van der Waals surface area contributed by atoms with Crippen molar-refractivity contribution >= 4 is 28.6 Å². The predicted molar refractivity (Wildman–Crippen MR) is 74.0 cm³/mol. The van der Waals surface area contributed by atoms with Crippen LogP contribution in [-0.2, 0) is 0 Å². The lowest BCUT2D eigenvalue weighted by Gasteiger charge is -2.07. The van der Waals surface area contributed by atoms with Crippen molar-refractivity contribution in [2.75, 3.05) is 5.32 Å². The first kappa shape index (κ1) is 12.9. The van der Waals surface area contributed by atoms with Crippen LogP contribution in [0, 0.1) is 5.82 Å². The number of hydrogen-bond acceptors (Lipinski definition) is 5. The van der Waals surface area contributed by atoms with Crippen LogP contribution in [0.4, 0.5) is 15.9 Å². The molecule has 0 radical (unpaired) electrons. The van der Waals surface area contributed by atoms with E-state index in [1.54, 1.807) is 18.3 Å². The number of rotatable bonds is 3. The molecular formula is C14H9FN4O2. The minimum atomic E-state index is -1.31. The van der Waals surface area contributed by atoms with Crippen molar-refractivity contribution in [1.82, 2.24) is 15.0 Å². The van der Waals surface area contributed by atoms with Gasteiger partial charge < -0.3 is 10.4 Å². The molecule has 3 rings (SSSR count). The highest BCUT2D eigenvalue weighted by atomic mass is 19.1. The van der Waals surface area contributed by atoms with Gasteiger partial charge in [0.1, 0.15) is 17.2 Å². The molecule has 0 spiro atoms. The summed E-state index contributed by atoms with van der Waals surface area (Å²) in [6.45, 7) is 0. The van der Waals surface area contributed by atoms with Gasteiger partial charge in [0, 0.05) is 18.1 Å². The normalized spacial score (nSPS) is 10.5. The molecule has 2 heterocycles. The van der Waals surface area contributed by atoms with Gasteiger partial charge in [-0.15, -0.1) is 0 Å². The quantitative estimate of drug-likeness (QED) is 0.768. The first-order valence-electron chi connectivity index (χ1n) is 6.01. The Morgan fingerprint density at radius 3 is 2.71 bits per heavy atom. The molecule has 104 valence electrons. The zero-order chi connectivity index (χ0) is 14.8. The van der Waals surface area contributed by atoms with E-state index in [2.05, 4.69) is 20.3 Å². The van der Waals surface area contributed by atoms with E-state index in [1.165, 1.54) is 18.3 Å². The molecule has 1 aromatic carbocycles. The summed E-state index contributed by atoms with van der Waals surface area (Å²) in [5.74, 6) is -1.66. The molecule has 2 N–H and O–H groups in total. The number of benzene rings is 1. The molecule has 3 aromatic rings. The van der Waals surface area contributed by atoms with Gasteiger partial charge in [-0.25, -0.2) is 19.2 Å². The Balaban J connectivity index is 1.91. The number of aromatic carboxylic acids is 1. The summed E-state index contributed by atoms with van der Waals surface area (Å²) in [5.41, 5.74) is 1.13. The van der Waals surface area contributed by atoms with E-state index in [0.717, 1.165) is 6.07 Å². The van der Waals surface area contributed by atoms with Gasteiger partial charge >= 0.3 is 5.97 Å². The minimum absolute atomic E-state index is 0.377. The molecule has 0 unspecified atom stereocenters. The van der Waals surface area contributed by atoms with Gasteiger partial charge in [-0.05, 0) is 30.3 Å². The van der Waals surface area contributed by atoms with Gasteiger partial charge in [-0.2, -0.15) is 0 Å². The van der Waals surface area contributed by atoms with Crippen molar-refractivity contribution in [1.29, 1.82) is 0 Å². The second kappa shape index (κ2) is 5.12. The molecular weight excluding hydrogens is 275 g/mol. The van der Waals surface area contributed by atoms with Gasteiger partial charge in [0.25, 0.3) is 0 Å². The summed E-state index contributed by atoms with van der Waals surface area (Å²) in [7, 11) is 0. The molecule has 2 aromatic heterocycles. The number of anilines is 2. The van der Waals surface area contributed by atoms with Crippen LogP contribution < -0.4 is 5.32 Å². The zero-order valence-corrected chi connectivity index (χ0v) is 10.6. The molecule has 0 aliphatic carbocycles. The number of halogens is 1. The highest BCUT2D eigenvalue weighted by Gasteiger charge is 2.10. The molecule has 0 bridgehead atoms. The summed E-state index contributed by atoms with van der Waals surface area (Å²) >= 11 is 0.